The summed E-state index contributed by atoms with van der Waals surface area (Å²) >= 11 is 12.0. The Morgan fingerprint density at radius 3 is 2.38 bits per heavy atom. The average molecular weight is 360 g/mol. The summed E-state index contributed by atoms with van der Waals surface area (Å²) in [4.78, 5) is 15.2. The molecule has 1 heterocycles. The van der Waals surface area contributed by atoms with Crippen molar-refractivity contribution in [2.24, 2.45) is 0 Å². The van der Waals surface area contributed by atoms with Crippen LogP contribution in [0.25, 0.3) is 23.1 Å². The normalized spacial score (nSPS) is 11.2. The van der Waals surface area contributed by atoms with Crippen LogP contribution in [0.1, 0.15) is 21.6 Å². The van der Waals surface area contributed by atoms with Gasteiger partial charge in [0.1, 0.15) is 5.52 Å². The molecule has 0 aliphatic rings. The van der Waals surface area contributed by atoms with E-state index in [0.29, 0.717) is 21.6 Å². The van der Waals surface area contributed by atoms with Crippen molar-refractivity contribution in [3.63, 3.8) is 0 Å². The van der Waals surface area contributed by atoms with Gasteiger partial charge in [-0.3, -0.25) is 0 Å². The van der Waals surface area contributed by atoms with Gasteiger partial charge in [0, 0.05) is 5.39 Å². The van der Waals surface area contributed by atoms with Crippen LogP contribution in [-0.2, 0) is 0 Å². The summed E-state index contributed by atoms with van der Waals surface area (Å²) < 4.78 is 0. The molecule has 0 saturated heterocycles. The number of benzene rings is 2. The van der Waals surface area contributed by atoms with Gasteiger partial charge in [0.2, 0.25) is 0 Å². The van der Waals surface area contributed by atoms with Crippen molar-refractivity contribution in [2.75, 3.05) is 0 Å². The molecule has 0 fully saturated rings. The topological polar surface area (TPSA) is 70.4 Å². The van der Waals surface area contributed by atoms with Crippen molar-refractivity contribution in [3.05, 3.63) is 69.3 Å². The molecule has 2 N–H and O–H groups in total. The smallest absolute Gasteiger partial charge is 0.335 e. The van der Waals surface area contributed by atoms with E-state index in [1.165, 1.54) is 18.2 Å². The molecule has 0 unspecified atom stereocenters. The van der Waals surface area contributed by atoms with E-state index in [1.807, 2.05) is 0 Å². The van der Waals surface area contributed by atoms with Crippen LogP contribution in [0.15, 0.2) is 42.5 Å². The van der Waals surface area contributed by atoms with Crippen LogP contribution in [0.2, 0.25) is 10.0 Å². The Kier molecular flexibility index (Phi) is 4.42. The highest BCUT2D eigenvalue weighted by Crippen LogP contribution is 2.36. The third-order valence-corrected chi connectivity index (χ3v) is 4.08. The first-order valence-electron chi connectivity index (χ1n) is 6.95. The number of nitrogens with zero attached hydrogens (tertiary/aromatic N) is 1. The van der Waals surface area contributed by atoms with E-state index >= 15 is 0 Å². The SMILES string of the molecule is O=C(O)c1ccc(/C=C/c2ccc3c(Cl)cc(Cl)c(O)c3n2)cc1. The zero-order valence-corrected chi connectivity index (χ0v) is 13.7. The maximum atomic E-state index is 10.8. The Balaban J connectivity index is 1.95. The number of phenols is 1. The molecule has 0 bridgehead atoms. The Hall–Kier alpha value is -2.56. The zero-order valence-electron chi connectivity index (χ0n) is 12.2. The number of carboxylic acids is 1. The summed E-state index contributed by atoms with van der Waals surface area (Å²) in [5.41, 5.74) is 2.00. The third-order valence-electron chi connectivity index (χ3n) is 3.48. The number of aromatic carboxylic acids is 1. The molecule has 6 heteroatoms. The van der Waals surface area contributed by atoms with Crippen LogP contribution in [0.4, 0.5) is 0 Å². The van der Waals surface area contributed by atoms with E-state index in [-0.39, 0.29) is 16.3 Å². The van der Waals surface area contributed by atoms with Gasteiger partial charge >= 0.3 is 5.97 Å². The minimum absolute atomic E-state index is 0.114. The number of carbonyl (C=O) groups is 1. The average Bonchev–Trinajstić information content (AvgIpc) is 2.58. The molecule has 3 rings (SSSR count). The number of fused-ring (bicyclic) bond motifs is 1. The predicted octanol–water partition coefficient (Wildman–Crippen LogP) is 5.12. The predicted molar refractivity (Wildman–Crippen MR) is 95.8 cm³/mol. The molecule has 2 aromatic carbocycles. The summed E-state index contributed by atoms with van der Waals surface area (Å²) in [6.07, 6.45) is 3.55. The van der Waals surface area contributed by atoms with E-state index in [2.05, 4.69) is 4.98 Å². The highest BCUT2D eigenvalue weighted by molar-refractivity contribution is 6.39. The van der Waals surface area contributed by atoms with Gasteiger partial charge in [-0.15, -0.1) is 0 Å². The number of pyridine rings is 1. The lowest BCUT2D eigenvalue weighted by atomic mass is 10.1. The fourth-order valence-electron chi connectivity index (χ4n) is 2.23. The van der Waals surface area contributed by atoms with E-state index < -0.39 is 5.97 Å². The van der Waals surface area contributed by atoms with Crippen molar-refractivity contribution in [1.82, 2.24) is 4.98 Å². The Morgan fingerprint density at radius 2 is 1.71 bits per heavy atom. The van der Waals surface area contributed by atoms with Crippen molar-refractivity contribution in [1.29, 1.82) is 0 Å². The largest absolute Gasteiger partial charge is 0.504 e. The highest BCUT2D eigenvalue weighted by atomic mass is 35.5. The minimum atomic E-state index is -0.967. The van der Waals surface area contributed by atoms with Gasteiger partial charge in [0.15, 0.2) is 5.75 Å². The van der Waals surface area contributed by atoms with E-state index in [0.717, 1.165) is 5.56 Å². The van der Waals surface area contributed by atoms with Crippen LogP contribution in [0, 0.1) is 0 Å². The first-order chi connectivity index (χ1) is 11.5. The van der Waals surface area contributed by atoms with E-state index in [4.69, 9.17) is 28.3 Å². The Morgan fingerprint density at radius 1 is 1.00 bits per heavy atom. The number of aromatic hydroxyl groups is 1. The van der Waals surface area contributed by atoms with Crippen molar-refractivity contribution < 1.29 is 15.0 Å². The highest BCUT2D eigenvalue weighted by Gasteiger charge is 2.10. The van der Waals surface area contributed by atoms with Gasteiger partial charge in [-0.25, -0.2) is 9.78 Å². The molecular weight excluding hydrogens is 349 g/mol. The molecule has 24 heavy (non-hydrogen) atoms. The number of rotatable bonds is 3. The maximum absolute atomic E-state index is 10.8. The molecule has 4 nitrogen and oxygen atoms in total. The fraction of sp³-hybridized carbons (Fsp3) is 0. The van der Waals surface area contributed by atoms with E-state index in [1.54, 1.807) is 36.4 Å². The minimum Gasteiger partial charge on any atom is -0.504 e. The molecule has 0 saturated carbocycles. The molecule has 0 amide bonds. The number of hydrogen-bond donors (Lipinski definition) is 2. The number of phenolic OH excluding ortho intramolecular Hbond substituents is 1. The third kappa shape index (κ3) is 3.20. The molecular formula is C18H11Cl2NO3. The van der Waals surface area contributed by atoms with Gasteiger partial charge in [-0.1, -0.05) is 41.4 Å². The summed E-state index contributed by atoms with van der Waals surface area (Å²) in [6, 6.07) is 11.5. The lowest BCUT2D eigenvalue weighted by molar-refractivity contribution is 0.0697. The van der Waals surface area contributed by atoms with Gasteiger partial charge in [0.05, 0.1) is 21.3 Å². The first kappa shape index (κ1) is 16.3. The summed E-state index contributed by atoms with van der Waals surface area (Å²) in [5.74, 6) is -1.08. The van der Waals surface area contributed by atoms with Crippen molar-refractivity contribution >= 4 is 52.2 Å². The number of hydrogen-bond acceptors (Lipinski definition) is 3. The molecule has 120 valence electrons. The molecule has 0 radical (unpaired) electrons. The summed E-state index contributed by atoms with van der Waals surface area (Å²) in [6.45, 7) is 0. The van der Waals surface area contributed by atoms with E-state index in [9.17, 15) is 9.90 Å². The van der Waals surface area contributed by atoms with Crippen molar-refractivity contribution in [2.45, 2.75) is 0 Å². The lowest BCUT2D eigenvalue weighted by Crippen LogP contribution is -1.94. The zero-order chi connectivity index (χ0) is 17.3. The molecule has 0 spiro atoms. The van der Waals surface area contributed by atoms with Crippen LogP contribution in [0.5, 0.6) is 5.75 Å². The quantitative estimate of drug-likeness (QED) is 0.681. The van der Waals surface area contributed by atoms with Crippen LogP contribution >= 0.6 is 23.2 Å². The Labute approximate surface area is 147 Å². The van der Waals surface area contributed by atoms with Crippen LogP contribution in [-0.4, -0.2) is 21.2 Å². The number of carboxylic acid groups (broad SMARTS) is 1. The number of aromatic nitrogens is 1. The monoisotopic (exact) mass is 359 g/mol. The second-order valence-electron chi connectivity index (χ2n) is 5.08. The second-order valence-corrected chi connectivity index (χ2v) is 5.90. The number of halogens is 2. The summed E-state index contributed by atoms with van der Waals surface area (Å²) in [7, 11) is 0. The molecule has 0 atom stereocenters. The molecule has 0 aliphatic heterocycles. The van der Waals surface area contributed by atoms with Gasteiger partial charge in [-0.2, -0.15) is 0 Å². The van der Waals surface area contributed by atoms with Crippen LogP contribution in [0.3, 0.4) is 0 Å². The molecule has 0 aliphatic carbocycles. The molecule has 3 aromatic rings. The van der Waals surface area contributed by atoms with Gasteiger partial charge in [0.25, 0.3) is 0 Å². The maximum Gasteiger partial charge on any atom is 0.335 e. The fourth-order valence-corrected chi connectivity index (χ4v) is 2.75. The molecule has 1 aromatic heterocycles. The summed E-state index contributed by atoms with van der Waals surface area (Å²) in [5, 5.41) is 20.1. The van der Waals surface area contributed by atoms with Crippen LogP contribution < -0.4 is 0 Å². The van der Waals surface area contributed by atoms with Gasteiger partial charge in [-0.05, 0) is 42.0 Å². The Bertz CT molecular complexity index is 966. The van der Waals surface area contributed by atoms with Gasteiger partial charge < -0.3 is 10.2 Å². The second kappa shape index (κ2) is 6.51. The van der Waals surface area contributed by atoms with Crippen molar-refractivity contribution in [3.8, 4) is 5.75 Å². The standard InChI is InChI=1S/C18H11Cl2NO3/c19-14-9-15(20)17(22)16-13(14)8-7-12(21-16)6-3-10-1-4-11(5-2-10)18(23)24/h1-9,22H,(H,23,24)/b6-3+. The lowest BCUT2D eigenvalue weighted by Gasteiger charge is -2.05. The first-order valence-corrected chi connectivity index (χ1v) is 7.70.